The number of nitrogens with zero attached hydrogens (tertiary/aromatic N) is 2. The number of ether oxygens (including phenoxy) is 3. The van der Waals surface area contributed by atoms with Crippen molar-refractivity contribution in [3.63, 3.8) is 0 Å². The molecule has 2 aliphatic heterocycles. The highest BCUT2D eigenvalue weighted by atomic mass is 32.2. The van der Waals surface area contributed by atoms with E-state index in [0.29, 0.717) is 32.9 Å². The quantitative estimate of drug-likeness (QED) is 0.692. The van der Waals surface area contributed by atoms with Crippen LogP contribution in [0.1, 0.15) is 10.5 Å². The van der Waals surface area contributed by atoms with E-state index >= 15 is 0 Å². The second kappa shape index (κ2) is 7.04. The van der Waals surface area contributed by atoms with Crippen LogP contribution in [0.15, 0.2) is 17.2 Å². The van der Waals surface area contributed by atoms with Gasteiger partial charge >= 0.3 is 5.97 Å². The summed E-state index contributed by atoms with van der Waals surface area (Å²) in [6.45, 7) is 2.88. The minimum absolute atomic E-state index is 0.0486. The van der Waals surface area contributed by atoms with Gasteiger partial charge in [-0.25, -0.2) is 13.2 Å². The van der Waals surface area contributed by atoms with Crippen LogP contribution in [-0.2, 0) is 31.3 Å². The fraction of sp³-hybridized carbons (Fsp3) is 0.667. The highest BCUT2D eigenvalue weighted by Gasteiger charge is 2.43. The summed E-state index contributed by atoms with van der Waals surface area (Å²) in [5.74, 6) is -0.580. The average Bonchev–Trinajstić information content (AvgIpc) is 2.86. The first kappa shape index (κ1) is 18.3. The molecular weight excluding hydrogens is 350 g/mol. The van der Waals surface area contributed by atoms with Gasteiger partial charge in [-0.05, 0) is 12.1 Å². The third-order valence-electron chi connectivity index (χ3n) is 4.52. The predicted octanol–water partition coefficient (Wildman–Crippen LogP) is -0.809. The third kappa shape index (κ3) is 3.44. The molecule has 0 radical (unpaired) electrons. The van der Waals surface area contributed by atoms with Crippen molar-refractivity contribution >= 4 is 16.0 Å². The molecule has 0 bridgehead atoms. The molecule has 1 aromatic rings. The van der Waals surface area contributed by atoms with Gasteiger partial charge in [0.2, 0.25) is 0 Å². The van der Waals surface area contributed by atoms with Gasteiger partial charge in [-0.15, -0.1) is 0 Å². The van der Waals surface area contributed by atoms with Gasteiger partial charge in [0.15, 0.2) is 5.03 Å². The van der Waals surface area contributed by atoms with E-state index in [2.05, 4.69) is 10.1 Å². The maximum absolute atomic E-state index is 13.1. The minimum Gasteiger partial charge on any atom is -0.464 e. The molecule has 10 heteroatoms. The molecular formula is C15H23N3O6S. The van der Waals surface area contributed by atoms with Crippen LogP contribution in [0, 0.1) is 0 Å². The summed E-state index contributed by atoms with van der Waals surface area (Å²) >= 11 is 0. The Kier molecular flexibility index (Phi) is 5.16. The third-order valence-corrected chi connectivity index (χ3v) is 6.45. The zero-order chi connectivity index (χ0) is 18.1. The van der Waals surface area contributed by atoms with Crippen LogP contribution in [0.2, 0.25) is 0 Å². The van der Waals surface area contributed by atoms with Crippen molar-refractivity contribution in [1.82, 2.24) is 14.2 Å². The van der Waals surface area contributed by atoms with Crippen LogP contribution >= 0.6 is 0 Å². The Morgan fingerprint density at radius 2 is 2.16 bits per heavy atom. The lowest BCUT2D eigenvalue weighted by Gasteiger charge is -2.41. The number of carbonyl (C=O) groups excluding carboxylic acids is 1. The monoisotopic (exact) mass is 373 g/mol. The SMILES string of the molecule is COC(=O)c1ccc(S(=O)(=O)N2CCO[C@@]3(CNCCOC3)C2)n1C. The zero-order valence-electron chi connectivity index (χ0n) is 14.4. The molecule has 0 unspecified atom stereocenters. The van der Waals surface area contributed by atoms with Gasteiger partial charge in [-0.2, -0.15) is 4.31 Å². The van der Waals surface area contributed by atoms with Crippen molar-refractivity contribution in [2.24, 2.45) is 7.05 Å². The van der Waals surface area contributed by atoms with E-state index < -0.39 is 21.6 Å². The molecule has 0 aromatic carbocycles. The van der Waals surface area contributed by atoms with Gasteiger partial charge in [0.25, 0.3) is 10.0 Å². The largest absolute Gasteiger partial charge is 0.464 e. The molecule has 1 aromatic heterocycles. The summed E-state index contributed by atoms with van der Waals surface area (Å²) in [5.41, 5.74) is -0.512. The summed E-state index contributed by atoms with van der Waals surface area (Å²) in [6.07, 6.45) is 0. The van der Waals surface area contributed by atoms with Gasteiger partial charge in [-0.1, -0.05) is 0 Å². The second-order valence-corrected chi connectivity index (χ2v) is 8.09. The number of morpholine rings is 1. The molecule has 3 heterocycles. The maximum Gasteiger partial charge on any atom is 0.354 e. The summed E-state index contributed by atoms with van der Waals surface area (Å²) < 4.78 is 45.0. The number of esters is 1. The lowest BCUT2D eigenvalue weighted by molar-refractivity contribution is -0.118. The first-order valence-corrected chi connectivity index (χ1v) is 9.50. The van der Waals surface area contributed by atoms with Gasteiger partial charge in [0.05, 0.1) is 26.9 Å². The van der Waals surface area contributed by atoms with E-state index in [9.17, 15) is 13.2 Å². The van der Waals surface area contributed by atoms with Crippen molar-refractivity contribution in [3.8, 4) is 0 Å². The molecule has 9 nitrogen and oxygen atoms in total. The van der Waals surface area contributed by atoms with Crippen molar-refractivity contribution < 1.29 is 27.4 Å². The maximum atomic E-state index is 13.1. The molecule has 1 N–H and O–H groups in total. The van der Waals surface area contributed by atoms with Crippen molar-refractivity contribution in [1.29, 1.82) is 0 Å². The molecule has 0 aliphatic carbocycles. The van der Waals surface area contributed by atoms with E-state index in [0.717, 1.165) is 0 Å². The van der Waals surface area contributed by atoms with Crippen LogP contribution in [0.25, 0.3) is 0 Å². The Labute approximate surface area is 146 Å². The molecule has 25 heavy (non-hydrogen) atoms. The van der Waals surface area contributed by atoms with Gasteiger partial charge in [-0.3, -0.25) is 0 Å². The van der Waals surface area contributed by atoms with Gasteiger partial charge in [0, 0.05) is 33.2 Å². The Morgan fingerprint density at radius 3 is 2.92 bits per heavy atom. The Hall–Kier alpha value is -1.46. The van der Waals surface area contributed by atoms with Crippen LogP contribution in [0.4, 0.5) is 0 Å². The zero-order valence-corrected chi connectivity index (χ0v) is 15.2. The summed E-state index contributed by atoms with van der Waals surface area (Å²) in [5, 5.41) is 3.27. The van der Waals surface area contributed by atoms with E-state index in [1.54, 1.807) is 0 Å². The van der Waals surface area contributed by atoms with E-state index in [1.165, 1.54) is 35.2 Å². The molecule has 0 amide bonds. The normalized spacial score (nSPS) is 25.7. The topological polar surface area (TPSA) is 99.1 Å². The number of rotatable bonds is 3. The number of carbonyl (C=O) groups is 1. The van der Waals surface area contributed by atoms with E-state index in [1.807, 2.05) is 0 Å². The van der Waals surface area contributed by atoms with Crippen molar-refractivity contribution in [2.45, 2.75) is 10.6 Å². The van der Waals surface area contributed by atoms with Crippen LogP contribution in [0.3, 0.4) is 0 Å². The number of sulfonamides is 1. The number of methoxy groups -OCH3 is 1. The fourth-order valence-corrected chi connectivity index (χ4v) is 4.84. The molecule has 1 atom stereocenters. The Morgan fingerprint density at radius 1 is 1.36 bits per heavy atom. The van der Waals surface area contributed by atoms with Crippen LogP contribution < -0.4 is 5.32 Å². The van der Waals surface area contributed by atoms with E-state index in [4.69, 9.17) is 9.47 Å². The first-order chi connectivity index (χ1) is 11.9. The number of hydrogen-bond acceptors (Lipinski definition) is 7. The van der Waals surface area contributed by atoms with Gasteiger partial charge < -0.3 is 24.1 Å². The summed E-state index contributed by atoms with van der Waals surface area (Å²) in [7, 11) is -0.984. The molecule has 1 spiro atoms. The number of hydrogen-bond donors (Lipinski definition) is 1. The Bertz CT molecular complexity index is 736. The lowest BCUT2D eigenvalue weighted by atomic mass is 10.0. The van der Waals surface area contributed by atoms with Crippen molar-refractivity contribution in [3.05, 3.63) is 17.8 Å². The van der Waals surface area contributed by atoms with Crippen LogP contribution in [-0.4, -0.2) is 82.0 Å². The summed E-state index contributed by atoms with van der Waals surface area (Å²) in [4.78, 5) is 11.7. The molecule has 3 rings (SSSR count). The molecule has 2 fully saturated rings. The van der Waals surface area contributed by atoms with E-state index in [-0.39, 0.29) is 23.8 Å². The highest BCUT2D eigenvalue weighted by molar-refractivity contribution is 7.89. The minimum atomic E-state index is -3.78. The average molecular weight is 373 g/mol. The highest BCUT2D eigenvalue weighted by Crippen LogP contribution is 2.26. The Balaban J connectivity index is 1.87. The summed E-state index contributed by atoms with van der Waals surface area (Å²) in [6, 6.07) is 2.87. The molecule has 2 saturated heterocycles. The number of nitrogens with one attached hydrogen (secondary N) is 1. The van der Waals surface area contributed by atoms with Crippen LogP contribution in [0.5, 0.6) is 0 Å². The second-order valence-electron chi connectivity index (χ2n) is 6.21. The predicted molar refractivity (Wildman–Crippen MR) is 87.9 cm³/mol. The van der Waals surface area contributed by atoms with Gasteiger partial charge in [0.1, 0.15) is 11.3 Å². The molecule has 0 saturated carbocycles. The molecule has 140 valence electrons. The van der Waals surface area contributed by atoms with Crippen molar-refractivity contribution in [2.75, 3.05) is 53.1 Å². The fourth-order valence-electron chi connectivity index (χ4n) is 3.17. The lowest BCUT2D eigenvalue weighted by Crippen LogP contribution is -2.59. The smallest absolute Gasteiger partial charge is 0.354 e. The molecule has 2 aliphatic rings. The first-order valence-electron chi connectivity index (χ1n) is 8.06. The number of aromatic nitrogens is 1. The standard InChI is InChI=1S/C15H23N3O6S/c1-17-12(14(19)22-2)3-4-13(17)25(20,21)18-6-8-24-15(10-18)9-16-5-7-23-11-15/h3-4,16H,5-11H2,1-2H3/t15-/m0/s1.